The summed E-state index contributed by atoms with van der Waals surface area (Å²) in [5.74, 6) is 1.31. The number of carbonyl (C=O) groups excluding carboxylic acids is 1. The molecule has 0 aromatic rings. The van der Waals surface area contributed by atoms with Gasteiger partial charge in [0.15, 0.2) is 5.96 Å². The van der Waals surface area contributed by atoms with Crippen LogP contribution in [0, 0.1) is 0 Å². The monoisotopic (exact) mass is 550 g/mol. The molecule has 9 heteroatoms. The van der Waals surface area contributed by atoms with Crippen molar-refractivity contribution in [3.63, 3.8) is 0 Å². The molecule has 180 valence electrons. The molecule has 0 spiro atoms. The summed E-state index contributed by atoms with van der Waals surface area (Å²) < 4.78 is 5.57. The van der Waals surface area contributed by atoms with E-state index in [1.54, 1.807) is 0 Å². The van der Waals surface area contributed by atoms with E-state index in [0.717, 1.165) is 90.9 Å². The molecule has 0 radical (unpaired) electrons. The number of carbonyl (C=O) groups is 1. The Bertz CT molecular complexity index is 564. The third-order valence-electron chi connectivity index (χ3n) is 6.56. The maximum atomic E-state index is 12.6. The van der Waals surface area contributed by atoms with Crippen molar-refractivity contribution < 1.29 is 9.53 Å². The Kier molecular flexibility index (Phi) is 11.8. The fourth-order valence-corrected chi connectivity index (χ4v) is 4.70. The maximum Gasteiger partial charge on any atom is 0.236 e. The highest BCUT2D eigenvalue weighted by Crippen LogP contribution is 2.12. The van der Waals surface area contributed by atoms with Gasteiger partial charge in [0.25, 0.3) is 0 Å². The topological polar surface area (TPSA) is 63.7 Å². The van der Waals surface area contributed by atoms with Crippen molar-refractivity contribution in [3.8, 4) is 0 Å². The number of hydrogen-bond acceptors (Lipinski definition) is 5. The number of ether oxygens (including phenoxy) is 1. The second-order valence-corrected chi connectivity index (χ2v) is 8.91. The van der Waals surface area contributed by atoms with E-state index in [-0.39, 0.29) is 24.0 Å². The Labute approximate surface area is 205 Å². The van der Waals surface area contributed by atoms with E-state index < -0.39 is 0 Å². The summed E-state index contributed by atoms with van der Waals surface area (Å²) in [7, 11) is 0. The molecule has 3 fully saturated rings. The number of hydrogen-bond donors (Lipinski definition) is 1. The number of piperidine rings is 1. The van der Waals surface area contributed by atoms with Gasteiger partial charge < -0.3 is 19.9 Å². The number of morpholine rings is 1. The van der Waals surface area contributed by atoms with E-state index in [1.807, 2.05) is 0 Å². The van der Waals surface area contributed by atoms with Crippen LogP contribution < -0.4 is 5.32 Å². The van der Waals surface area contributed by atoms with Gasteiger partial charge in [-0.2, -0.15) is 0 Å². The molecule has 3 aliphatic rings. The summed E-state index contributed by atoms with van der Waals surface area (Å²) in [6.07, 6.45) is 3.57. The fraction of sp³-hybridized carbons (Fsp3) is 0.909. The molecule has 0 aromatic heterocycles. The van der Waals surface area contributed by atoms with Gasteiger partial charge in [0.05, 0.1) is 26.3 Å². The molecule has 1 N–H and O–H groups in total. The van der Waals surface area contributed by atoms with Gasteiger partial charge in [-0.05, 0) is 40.0 Å². The van der Waals surface area contributed by atoms with Crippen molar-refractivity contribution >= 4 is 35.8 Å². The van der Waals surface area contributed by atoms with Crippen molar-refractivity contribution in [3.05, 3.63) is 0 Å². The number of rotatable bonds is 6. The van der Waals surface area contributed by atoms with Gasteiger partial charge in [-0.15, -0.1) is 24.0 Å². The van der Waals surface area contributed by atoms with Crippen molar-refractivity contribution in [2.75, 3.05) is 78.7 Å². The first-order valence-electron chi connectivity index (χ1n) is 12.0. The van der Waals surface area contributed by atoms with Crippen molar-refractivity contribution in [1.82, 2.24) is 24.9 Å². The molecule has 8 nitrogen and oxygen atoms in total. The Morgan fingerprint density at radius 1 is 1.06 bits per heavy atom. The smallest absolute Gasteiger partial charge is 0.236 e. The number of nitrogens with one attached hydrogen (secondary N) is 1. The Morgan fingerprint density at radius 2 is 1.77 bits per heavy atom. The minimum Gasteiger partial charge on any atom is -0.379 e. The number of piperazine rings is 1. The van der Waals surface area contributed by atoms with Crippen LogP contribution in [0.3, 0.4) is 0 Å². The zero-order valence-electron chi connectivity index (χ0n) is 19.7. The van der Waals surface area contributed by atoms with E-state index in [2.05, 4.69) is 45.7 Å². The molecule has 0 saturated carbocycles. The van der Waals surface area contributed by atoms with E-state index in [9.17, 15) is 4.79 Å². The number of likely N-dealkylation sites (tertiary alicyclic amines) is 1. The summed E-state index contributed by atoms with van der Waals surface area (Å²) in [6.45, 7) is 17.0. The lowest BCUT2D eigenvalue weighted by Gasteiger charge is -2.38. The summed E-state index contributed by atoms with van der Waals surface area (Å²) in [5, 5.41) is 3.47. The lowest BCUT2D eigenvalue weighted by Crippen LogP contribution is -2.55. The molecule has 3 rings (SSSR count). The number of guanidine groups is 1. The molecule has 0 aromatic carbocycles. The van der Waals surface area contributed by atoms with Gasteiger partial charge in [0.2, 0.25) is 5.91 Å². The molecule has 1 amide bonds. The molecule has 2 atom stereocenters. The largest absolute Gasteiger partial charge is 0.379 e. The zero-order valence-corrected chi connectivity index (χ0v) is 22.1. The zero-order chi connectivity index (χ0) is 21.3. The van der Waals surface area contributed by atoms with Gasteiger partial charge in [-0.25, -0.2) is 0 Å². The Morgan fingerprint density at radius 3 is 2.42 bits per heavy atom. The molecule has 3 heterocycles. The first kappa shape index (κ1) is 26.6. The number of halogens is 1. The number of aliphatic imine (C=N–C) groups is 1. The van der Waals surface area contributed by atoms with Crippen LogP contribution in [0.15, 0.2) is 4.99 Å². The van der Waals surface area contributed by atoms with Crippen molar-refractivity contribution in [2.45, 2.75) is 52.1 Å². The third kappa shape index (κ3) is 8.01. The van der Waals surface area contributed by atoms with Crippen LogP contribution in [-0.4, -0.2) is 122 Å². The van der Waals surface area contributed by atoms with Crippen LogP contribution in [0.5, 0.6) is 0 Å². The average Bonchev–Trinajstić information content (AvgIpc) is 2.78. The summed E-state index contributed by atoms with van der Waals surface area (Å²) >= 11 is 0. The van der Waals surface area contributed by atoms with Crippen LogP contribution in [0.4, 0.5) is 0 Å². The standard InChI is InChI=1S/C22H42N6O2.HI/c1-4-23-22(24-16-19(2)28-14-15-30-18-20(28)3)27-12-10-25(11-13-27)17-21(29)26-8-6-5-7-9-26;/h19-20H,4-18H2,1-3H3,(H,23,24);1H. The van der Waals surface area contributed by atoms with Gasteiger partial charge in [-0.1, -0.05) is 0 Å². The molecule has 3 saturated heterocycles. The molecule has 0 aliphatic carbocycles. The van der Waals surface area contributed by atoms with Gasteiger partial charge in [-0.3, -0.25) is 19.6 Å². The highest BCUT2D eigenvalue weighted by atomic mass is 127. The molecular formula is C22H43IN6O2. The summed E-state index contributed by atoms with van der Waals surface area (Å²) in [4.78, 5) is 26.7. The van der Waals surface area contributed by atoms with E-state index in [0.29, 0.717) is 24.5 Å². The van der Waals surface area contributed by atoms with Crippen LogP contribution in [0.2, 0.25) is 0 Å². The summed E-state index contributed by atoms with van der Waals surface area (Å²) in [5.41, 5.74) is 0. The minimum atomic E-state index is 0. The van der Waals surface area contributed by atoms with Crippen LogP contribution in [-0.2, 0) is 9.53 Å². The lowest BCUT2D eigenvalue weighted by atomic mass is 10.1. The SMILES string of the molecule is CCNC(=NCC(C)N1CCOCC1C)N1CCN(CC(=O)N2CCCCC2)CC1.I. The first-order chi connectivity index (χ1) is 14.6. The number of nitrogens with zero attached hydrogens (tertiary/aromatic N) is 5. The van der Waals surface area contributed by atoms with Crippen LogP contribution in [0.1, 0.15) is 40.0 Å². The minimum absolute atomic E-state index is 0. The quantitative estimate of drug-likeness (QED) is 0.306. The highest BCUT2D eigenvalue weighted by Gasteiger charge is 2.26. The van der Waals surface area contributed by atoms with Crippen LogP contribution in [0.25, 0.3) is 0 Å². The fourth-order valence-electron chi connectivity index (χ4n) is 4.70. The normalized spacial score (nSPS) is 25.1. The summed E-state index contributed by atoms with van der Waals surface area (Å²) in [6, 6.07) is 0.855. The second kappa shape index (κ2) is 13.8. The lowest BCUT2D eigenvalue weighted by molar-refractivity contribution is -0.133. The van der Waals surface area contributed by atoms with Gasteiger partial charge in [0.1, 0.15) is 0 Å². The molecule has 2 unspecified atom stereocenters. The Balaban J connectivity index is 0.00000341. The van der Waals surface area contributed by atoms with E-state index in [4.69, 9.17) is 9.73 Å². The highest BCUT2D eigenvalue weighted by molar-refractivity contribution is 14.0. The van der Waals surface area contributed by atoms with Gasteiger partial charge in [0, 0.05) is 64.4 Å². The molecule has 31 heavy (non-hydrogen) atoms. The van der Waals surface area contributed by atoms with E-state index >= 15 is 0 Å². The molecule has 3 aliphatic heterocycles. The second-order valence-electron chi connectivity index (χ2n) is 8.91. The van der Waals surface area contributed by atoms with E-state index in [1.165, 1.54) is 6.42 Å². The van der Waals surface area contributed by atoms with Crippen molar-refractivity contribution in [2.24, 2.45) is 4.99 Å². The predicted molar refractivity (Wildman–Crippen MR) is 136 cm³/mol. The molecular weight excluding hydrogens is 507 g/mol. The molecule has 0 bridgehead atoms. The average molecular weight is 551 g/mol. The van der Waals surface area contributed by atoms with Crippen molar-refractivity contribution in [1.29, 1.82) is 0 Å². The third-order valence-corrected chi connectivity index (χ3v) is 6.56. The first-order valence-corrected chi connectivity index (χ1v) is 12.0. The van der Waals surface area contributed by atoms with Crippen LogP contribution >= 0.6 is 24.0 Å². The van der Waals surface area contributed by atoms with Gasteiger partial charge >= 0.3 is 0 Å². The Hall–Kier alpha value is -0.650. The number of amides is 1. The maximum absolute atomic E-state index is 12.6. The predicted octanol–water partition coefficient (Wildman–Crippen LogP) is 1.31.